The molecule has 4 aliphatic rings. The van der Waals surface area contributed by atoms with Crippen molar-refractivity contribution in [2.45, 2.75) is 116 Å². The van der Waals surface area contributed by atoms with Gasteiger partial charge in [-0.2, -0.15) is 0 Å². The molecule has 0 saturated carbocycles. The molecule has 6 atom stereocenters. The van der Waals surface area contributed by atoms with Crippen LogP contribution in [-0.4, -0.2) is 97.0 Å². The summed E-state index contributed by atoms with van der Waals surface area (Å²) in [4.78, 5) is 25.8. The second-order valence-corrected chi connectivity index (χ2v) is 15.9. The van der Waals surface area contributed by atoms with Gasteiger partial charge in [0.2, 0.25) is 0 Å². The summed E-state index contributed by atoms with van der Waals surface area (Å²) in [5.74, 6) is 1.41. The molecule has 3 N–H and O–H groups in total. The zero-order valence-electron chi connectivity index (χ0n) is 35.1. The molecule has 349 valence electrons. The van der Waals surface area contributed by atoms with Crippen molar-refractivity contribution in [3.05, 3.63) is 118 Å². The SMILES string of the molecule is C.C.CCC(=O)C1CCc2cc(F)ccc2O1.CN(CC(=O)C1CCc2cc(F)ccc2O1)CC(O)[C@H]1CCc2cc(F)ccc2O1.CNCC(O)[C@H]1CCc2cc(F)ccc2O1.[V]. The van der Waals surface area contributed by atoms with Crippen LogP contribution >= 0.6 is 0 Å². The number of nitrogens with zero attached hydrogens (tertiary/aromatic N) is 1. The largest absolute Gasteiger partial charge is 0.487 e. The van der Waals surface area contributed by atoms with Crippen LogP contribution in [0.1, 0.15) is 76.1 Å². The van der Waals surface area contributed by atoms with E-state index in [0.717, 1.165) is 35.1 Å². The van der Waals surface area contributed by atoms with Crippen LogP contribution in [0.4, 0.5) is 17.6 Å². The Bertz CT molecular complexity index is 2150. The summed E-state index contributed by atoms with van der Waals surface area (Å²) in [6.45, 7) is 2.72. The van der Waals surface area contributed by atoms with Crippen molar-refractivity contribution in [3.8, 4) is 23.0 Å². The van der Waals surface area contributed by atoms with Crippen LogP contribution in [0.15, 0.2) is 72.8 Å². The maximum Gasteiger partial charge on any atom is 0.187 e. The van der Waals surface area contributed by atoms with E-state index in [4.69, 9.17) is 18.9 Å². The van der Waals surface area contributed by atoms with Gasteiger partial charge < -0.3 is 34.5 Å². The predicted octanol–water partition coefficient (Wildman–Crippen LogP) is 7.78. The van der Waals surface area contributed by atoms with Crippen molar-refractivity contribution in [1.29, 1.82) is 0 Å². The molecule has 8 rings (SSSR count). The van der Waals surface area contributed by atoms with E-state index in [-0.39, 0.29) is 93.5 Å². The maximum atomic E-state index is 13.3. The number of aliphatic hydroxyl groups is 2. The van der Waals surface area contributed by atoms with E-state index in [1.807, 2.05) is 6.92 Å². The Kier molecular flexibility index (Phi) is 21.3. The van der Waals surface area contributed by atoms with Crippen LogP contribution in [-0.2, 0) is 53.8 Å². The molecule has 0 fully saturated rings. The van der Waals surface area contributed by atoms with Gasteiger partial charge in [-0.1, -0.05) is 21.8 Å². The molecule has 0 bridgehead atoms. The van der Waals surface area contributed by atoms with Gasteiger partial charge in [0.1, 0.15) is 70.7 Å². The zero-order valence-corrected chi connectivity index (χ0v) is 36.5. The molecule has 15 heteroatoms. The zero-order chi connectivity index (χ0) is 43.6. The Morgan fingerprint density at radius 3 is 1.38 bits per heavy atom. The molecule has 0 amide bonds. The average Bonchev–Trinajstić information content (AvgIpc) is 3.25. The summed E-state index contributed by atoms with van der Waals surface area (Å²) in [6, 6.07) is 17.6. The van der Waals surface area contributed by atoms with Gasteiger partial charge >= 0.3 is 0 Å². The summed E-state index contributed by atoms with van der Waals surface area (Å²) in [6.07, 6.45) is 2.80. The number of nitrogens with one attached hydrogen (secondary N) is 1. The van der Waals surface area contributed by atoms with Gasteiger partial charge in [-0.15, -0.1) is 0 Å². The minimum atomic E-state index is -0.781. The predicted molar refractivity (Wildman–Crippen MR) is 234 cm³/mol. The van der Waals surface area contributed by atoms with Crippen LogP contribution in [0.3, 0.4) is 0 Å². The summed E-state index contributed by atoms with van der Waals surface area (Å²) in [7, 11) is 3.55. The molecule has 4 unspecified atom stereocenters. The minimum Gasteiger partial charge on any atom is -0.487 e. The van der Waals surface area contributed by atoms with E-state index < -0.39 is 24.4 Å². The summed E-state index contributed by atoms with van der Waals surface area (Å²) in [5, 5.41) is 23.3. The molecule has 4 heterocycles. The Morgan fingerprint density at radius 2 is 0.984 bits per heavy atom. The first-order valence-electron chi connectivity index (χ1n) is 20.8. The molecule has 4 aliphatic heterocycles. The number of ketones is 2. The van der Waals surface area contributed by atoms with Gasteiger partial charge in [0.25, 0.3) is 0 Å². The monoisotopic (exact) mass is 933 g/mol. The van der Waals surface area contributed by atoms with Gasteiger partial charge in [-0.25, -0.2) is 17.6 Å². The molecule has 0 aromatic heterocycles. The van der Waals surface area contributed by atoms with Gasteiger partial charge in [0.05, 0.1) is 6.54 Å². The number of carbonyl (C=O) groups is 2. The van der Waals surface area contributed by atoms with E-state index in [0.29, 0.717) is 74.5 Å². The van der Waals surface area contributed by atoms with E-state index in [9.17, 15) is 37.4 Å². The van der Waals surface area contributed by atoms with E-state index >= 15 is 0 Å². The normalized spacial score (nSPS) is 19.7. The van der Waals surface area contributed by atoms with Crippen molar-refractivity contribution >= 4 is 11.6 Å². The van der Waals surface area contributed by atoms with Gasteiger partial charge in [0, 0.05) is 38.1 Å². The summed E-state index contributed by atoms with van der Waals surface area (Å²) < 4.78 is 75.3. The van der Waals surface area contributed by atoms with Crippen molar-refractivity contribution in [2.75, 3.05) is 33.7 Å². The first-order valence-corrected chi connectivity index (χ1v) is 20.8. The van der Waals surface area contributed by atoms with E-state index in [1.54, 1.807) is 43.3 Å². The fraction of sp³-hybridized carbons (Fsp3) is 0.469. The quantitative estimate of drug-likeness (QED) is 0.129. The minimum absolute atomic E-state index is 0. The number of likely N-dealkylation sites (N-methyl/N-ethyl adjacent to an activating group) is 2. The third-order valence-electron chi connectivity index (χ3n) is 11.2. The van der Waals surface area contributed by atoms with E-state index in [2.05, 4.69) is 5.32 Å². The van der Waals surface area contributed by atoms with Gasteiger partial charge in [-0.05, 0) is 161 Å². The topological polar surface area (TPSA) is 127 Å². The Morgan fingerprint density at radius 1 is 0.625 bits per heavy atom. The maximum absolute atomic E-state index is 13.3. The smallest absolute Gasteiger partial charge is 0.187 e. The van der Waals surface area contributed by atoms with Crippen LogP contribution in [0.5, 0.6) is 23.0 Å². The number of carbonyl (C=O) groups excluding carboxylic acids is 2. The molecular formula is C49H62F4N2O8V. The Balaban J connectivity index is 0.000000272. The number of hydrogen-bond acceptors (Lipinski definition) is 10. The summed E-state index contributed by atoms with van der Waals surface area (Å²) >= 11 is 0. The van der Waals surface area contributed by atoms with Gasteiger partial charge in [-0.3, -0.25) is 14.5 Å². The molecule has 0 aliphatic carbocycles. The molecule has 1 radical (unpaired) electrons. The van der Waals surface area contributed by atoms with E-state index in [1.165, 1.54) is 48.5 Å². The van der Waals surface area contributed by atoms with Crippen LogP contribution < -0.4 is 24.3 Å². The third-order valence-corrected chi connectivity index (χ3v) is 11.2. The standard InChI is InChI=1S/C23H25F2NO4.C12H16FNO2.C12H13FO2.2CH4.V/c1-26(12-18(27)22-6-2-14-10-16(24)4-8-20(14)29-22)13-19(28)23-7-3-15-11-17(25)5-9-21(15)30-23;1-14-7-10(15)12-4-2-8-6-9(13)3-5-11(8)16-12;1-2-10(14)12-5-3-8-7-9(13)4-6-11(8)15-12;;;/h4-5,8-11,18,22-23,27H,2-3,6-7,12-13H2,1H3;3,5-6,10,12,14-15H,2,4,7H2,1H3;4,6-7,12H,2-3,5H2,1H3;2*1H4;/t18?,22-,23?;10?,12-;;;;/m11..../s1. The Hall–Kier alpha value is -4.44. The molecule has 10 nitrogen and oxygen atoms in total. The number of hydrogen-bond donors (Lipinski definition) is 3. The van der Waals surface area contributed by atoms with Crippen LogP contribution in [0, 0.1) is 23.3 Å². The van der Waals surface area contributed by atoms with Crippen molar-refractivity contribution < 1.29 is 74.9 Å². The molecule has 64 heavy (non-hydrogen) atoms. The Labute approximate surface area is 386 Å². The number of aliphatic hydroxyl groups excluding tert-OH is 2. The second kappa shape index (κ2) is 25.3. The summed E-state index contributed by atoms with van der Waals surface area (Å²) in [5.41, 5.74) is 3.32. The van der Waals surface area contributed by atoms with Crippen molar-refractivity contribution in [1.82, 2.24) is 10.2 Å². The number of fused-ring (bicyclic) bond motifs is 4. The number of aryl methyl sites for hydroxylation is 4. The number of rotatable bonds is 11. The molecule has 4 aromatic carbocycles. The number of halogens is 4. The molecule has 0 spiro atoms. The molecular weight excluding hydrogens is 871 g/mol. The first-order chi connectivity index (χ1) is 29.3. The van der Waals surface area contributed by atoms with Crippen molar-refractivity contribution in [2.24, 2.45) is 0 Å². The molecule has 4 aromatic rings. The number of Topliss-reactive ketones (excluding diaryl/α,β-unsaturated/α-hetero) is 2. The van der Waals surface area contributed by atoms with Crippen molar-refractivity contribution in [3.63, 3.8) is 0 Å². The number of benzene rings is 4. The van der Waals surface area contributed by atoms with Crippen LogP contribution in [0.25, 0.3) is 0 Å². The fourth-order valence-corrected chi connectivity index (χ4v) is 7.90. The third kappa shape index (κ3) is 14.5. The fourth-order valence-electron chi connectivity index (χ4n) is 7.90. The van der Waals surface area contributed by atoms with Crippen LogP contribution in [0.2, 0.25) is 0 Å². The van der Waals surface area contributed by atoms with Gasteiger partial charge in [0.15, 0.2) is 23.8 Å². The average molecular weight is 934 g/mol. The molecule has 0 saturated heterocycles. The number of ether oxygens (including phenoxy) is 4. The second-order valence-electron chi connectivity index (χ2n) is 15.9. The first kappa shape index (κ1) is 53.9.